The minimum absolute atomic E-state index is 0.0542. The molecule has 6 N–H and O–H groups in total. The summed E-state index contributed by atoms with van der Waals surface area (Å²) in [6, 6.07) is 4.96. The maximum Gasteiger partial charge on any atom is 0.201 e. The fraction of sp³-hybridized carbons (Fsp3) is 0.556. The Morgan fingerprint density at radius 2 is 1.46 bits per heavy atom. The molecule has 4 rings (SSSR count). The summed E-state index contributed by atoms with van der Waals surface area (Å²) < 4.78 is 33.2. The molecular weight excluding hydrogens is 516 g/mol. The highest BCUT2D eigenvalue weighted by atomic mass is 16.7. The SMILES string of the molecule is COc1cc(C2c3c(cc(OC)c(O)c3OC)CC(CO)C2CO[C@@H]2OC[C@@H](O)[C@H](O)[C@H]2O)cc(OC)c1O. The van der Waals surface area contributed by atoms with Gasteiger partial charge in [0.2, 0.25) is 11.5 Å². The Bertz CT molecular complexity index is 1130. The van der Waals surface area contributed by atoms with Gasteiger partial charge in [0.1, 0.15) is 18.3 Å². The largest absolute Gasteiger partial charge is 0.502 e. The first-order valence-corrected chi connectivity index (χ1v) is 12.5. The zero-order valence-electron chi connectivity index (χ0n) is 22.2. The maximum absolute atomic E-state index is 11.0. The standard InChI is InChI=1S/C27H36O12/c1-34-17-7-13(8-18(35-2)23(17)31)20-15(10-38-27-25(33)22(30)16(29)11-39-27)14(9-28)5-12-6-19(36-3)24(32)26(37-4)21(12)20/h6-8,14-16,20,22,25,27-33H,5,9-11H2,1-4H3/t14?,15?,16-,20?,22+,25-,27-/m1/s1. The zero-order chi connectivity index (χ0) is 28.4. The van der Waals surface area contributed by atoms with Gasteiger partial charge in [0, 0.05) is 18.1 Å². The van der Waals surface area contributed by atoms with Crippen molar-refractivity contribution in [3.63, 3.8) is 0 Å². The predicted octanol–water partition coefficient (Wildman–Crippen LogP) is 0.500. The smallest absolute Gasteiger partial charge is 0.201 e. The number of aromatic hydroxyl groups is 2. The van der Waals surface area contributed by atoms with Crippen LogP contribution in [0.4, 0.5) is 0 Å². The molecule has 0 amide bonds. The van der Waals surface area contributed by atoms with Gasteiger partial charge in [0.15, 0.2) is 29.3 Å². The number of aliphatic hydroxyl groups excluding tert-OH is 4. The van der Waals surface area contributed by atoms with Crippen LogP contribution in [-0.2, 0) is 15.9 Å². The van der Waals surface area contributed by atoms with E-state index in [0.717, 1.165) is 5.56 Å². The summed E-state index contributed by atoms with van der Waals surface area (Å²) in [4.78, 5) is 0. The van der Waals surface area contributed by atoms with Crippen molar-refractivity contribution in [2.24, 2.45) is 11.8 Å². The number of fused-ring (bicyclic) bond motifs is 1. The fourth-order valence-electron chi connectivity index (χ4n) is 5.55. The Hall–Kier alpha value is -3.00. The lowest BCUT2D eigenvalue weighted by Gasteiger charge is -2.42. The fourth-order valence-corrected chi connectivity index (χ4v) is 5.55. The number of hydrogen-bond acceptors (Lipinski definition) is 12. The Morgan fingerprint density at radius 1 is 0.846 bits per heavy atom. The van der Waals surface area contributed by atoms with Crippen LogP contribution in [0.1, 0.15) is 22.6 Å². The number of methoxy groups -OCH3 is 4. The number of phenolic OH excluding ortho intramolecular Hbond substituents is 2. The molecule has 2 aromatic carbocycles. The van der Waals surface area contributed by atoms with Crippen LogP contribution in [0.5, 0.6) is 34.5 Å². The Balaban J connectivity index is 1.86. The van der Waals surface area contributed by atoms with E-state index in [1.54, 1.807) is 18.2 Å². The second kappa shape index (κ2) is 12.0. The summed E-state index contributed by atoms with van der Waals surface area (Å²) in [5.41, 5.74) is 1.99. The van der Waals surface area contributed by atoms with Crippen LogP contribution in [0.2, 0.25) is 0 Å². The highest BCUT2D eigenvalue weighted by Crippen LogP contribution is 2.54. The second-order valence-corrected chi connectivity index (χ2v) is 9.68. The van der Waals surface area contributed by atoms with E-state index < -0.39 is 36.4 Å². The van der Waals surface area contributed by atoms with Gasteiger partial charge in [-0.25, -0.2) is 0 Å². The molecule has 1 saturated heterocycles. The molecule has 0 spiro atoms. The third-order valence-corrected chi connectivity index (χ3v) is 7.60. The van der Waals surface area contributed by atoms with E-state index in [1.165, 1.54) is 28.4 Å². The molecule has 0 saturated carbocycles. The summed E-state index contributed by atoms with van der Waals surface area (Å²) in [6.45, 7) is -0.504. The van der Waals surface area contributed by atoms with Gasteiger partial charge in [0.25, 0.3) is 0 Å². The zero-order valence-corrected chi connectivity index (χ0v) is 22.2. The molecule has 12 nitrogen and oxygen atoms in total. The number of phenols is 2. The minimum atomic E-state index is -1.49. The van der Waals surface area contributed by atoms with Gasteiger partial charge < -0.3 is 59.1 Å². The molecule has 216 valence electrons. The first-order valence-electron chi connectivity index (χ1n) is 12.5. The van der Waals surface area contributed by atoms with Crippen LogP contribution in [-0.4, -0.2) is 104 Å². The topological polar surface area (TPSA) is 177 Å². The summed E-state index contributed by atoms with van der Waals surface area (Å²) in [6.07, 6.45) is -5.04. The molecule has 1 fully saturated rings. The van der Waals surface area contributed by atoms with Crippen molar-refractivity contribution in [1.29, 1.82) is 0 Å². The number of ether oxygens (including phenoxy) is 6. The highest BCUT2D eigenvalue weighted by Gasteiger charge is 2.44. The molecule has 1 aliphatic carbocycles. The molecule has 7 atom stereocenters. The number of benzene rings is 2. The summed E-state index contributed by atoms with van der Waals surface area (Å²) in [7, 11) is 5.66. The van der Waals surface area contributed by atoms with Gasteiger partial charge in [-0.1, -0.05) is 0 Å². The molecule has 0 aromatic heterocycles. The number of rotatable bonds is 9. The Morgan fingerprint density at radius 3 is 2.03 bits per heavy atom. The van der Waals surface area contributed by atoms with Crippen LogP contribution in [0, 0.1) is 11.8 Å². The Kier molecular flexibility index (Phi) is 8.94. The molecule has 0 radical (unpaired) electrons. The molecule has 3 unspecified atom stereocenters. The van der Waals surface area contributed by atoms with Crippen molar-refractivity contribution in [3.05, 3.63) is 34.9 Å². The van der Waals surface area contributed by atoms with Gasteiger partial charge in [-0.3, -0.25) is 0 Å². The third-order valence-electron chi connectivity index (χ3n) is 7.60. The van der Waals surface area contributed by atoms with Crippen LogP contribution >= 0.6 is 0 Å². The molecule has 39 heavy (non-hydrogen) atoms. The Labute approximate surface area is 225 Å². The lowest BCUT2D eigenvalue weighted by Crippen LogP contribution is -2.54. The lowest BCUT2D eigenvalue weighted by atomic mass is 9.66. The molecule has 0 bridgehead atoms. The van der Waals surface area contributed by atoms with Crippen molar-refractivity contribution in [3.8, 4) is 34.5 Å². The monoisotopic (exact) mass is 552 g/mol. The maximum atomic E-state index is 11.0. The van der Waals surface area contributed by atoms with E-state index >= 15 is 0 Å². The van der Waals surface area contributed by atoms with E-state index in [4.69, 9.17) is 28.4 Å². The van der Waals surface area contributed by atoms with Gasteiger partial charge in [-0.05, 0) is 47.6 Å². The van der Waals surface area contributed by atoms with Crippen molar-refractivity contribution >= 4 is 0 Å². The quantitative estimate of drug-likeness (QED) is 0.254. The van der Waals surface area contributed by atoms with Crippen LogP contribution in [0.25, 0.3) is 0 Å². The highest BCUT2D eigenvalue weighted by molar-refractivity contribution is 5.64. The average molecular weight is 553 g/mol. The number of hydrogen-bond donors (Lipinski definition) is 6. The van der Waals surface area contributed by atoms with Crippen LogP contribution in [0.3, 0.4) is 0 Å². The van der Waals surface area contributed by atoms with Crippen molar-refractivity contribution in [2.75, 3.05) is 48.3 Å². The average Bonchev–Trinajstić information content (AvgIpc) is 2.94. The van der Waals surface area contributed by atoms with E-state index in [-0.39, 0.29) is 60.2 Å². The summed E-state index contributed by atoms with van der Waals surface area (Å²) >= 11 is 0. The van der Waals surface area contributed by atoms with Crippen molar-refractivity contribution < 1.29 is 59.1 Å². The van der Waals surface area contributed by atoms with Crippen molar-refractivity contribution in [2.45, 2.75) is 36.9 Å². The molecule has 2 aromatic rings. The predicted molar refractivity (Wildman–Crippen MR) is 136 cm³/mol. The summed E-state index contributed by atoms with van der Waals surface area (Å²) in [5, 5.41) is 62.3. The third kappa shape index (κ3) is 5.28. The van der Waals surface area contributed by atoms with E-state index in [9.17, 15) is 30.6 Å². The first kappa shape index (κ1) is 29.0. The van der Waals surface area contributed by atoms with E-state index in [2.05, 4.69) is 0 Å². The second-order valence-electron chi connectivity index (χ2n) is 9.68. The molecule has 1 heterocycles. The van der Waals surface area contributed by atoms with Gasteiger partial charge in [0.05, 0.1) is 41.7 Å². The molecular formula is C27H36O12. The van der Waals surface area contributed by atoms with E-state index in [0.29, 0.717) is 17.5 Å². The molecule has 12 heteroatoms. The van der Waals surface area contributed by atoms with Gasteiger partial charge >= 0.3 is 0 Å². The summed E-state index contributed by atoms with van der Waals surface area (Å²) in [5.74, 6) is -1.16. The van der Waals surface area contributed by atoms with Crippen LogP contribution in [0.15, 0.2) is 18.2 Å². The number of aliphatic hydroxyl groups is 4. The first-order chi connectivity index (χ1) is 18.7. The normalized spacial score (nSPS) is 28.5. The van der Waals surface area contributed by atoms with Crippen molar-refractivity contribution in [1.82, 2.24) is 0 Å². The molecule has 2 aliphatic rings. The van der Waals surface area contributed by atoms with Gasteiger partial charge in [-0.15, -0.1) is 0 Å². The van der Waals surface area contributed by atoms with Crippen LogP contribution < -0.4 is 18.9 Å². The minimum Gasteiger partial charge on any atom is -0.502 e. The van der Waals surface area contributed by atoms with Gasteiger partial charge in [-0.2, -0.15) is 0 Å². The van der Waals surface area contributed by atoms with E-state index in [1.807, 2.05) is 0 Å². The lowest BCUT2D eigenvalue weighted by molar-refractivity contribution is -0.274. The molecule has 1 aliphatic heterocycles.